The summed E-state index contributed by atoms with van der Waals surface area (Å²) in [6.45, 7) is 0.579. The van der Waals surface area contributed by atoms with E-state index in [-0.39, 0.29) is 23.6 Å². The van der Waals surface area contributed by atoms with Crippen LogP contribution in [0.25, 0.3) is 0 Å². The summed E-state index contributed by atoms with van der Waals surface area (Å²) in [4.78, 5) is 37.4. The number of carbonyl (C=O) groups is 3. The van der Waals surface area contributed by atoms with E-state index in [2.05, 4.69) is 10.1 Å². The van der Waals surface area contributed by atoms with Crippen molar-refractivity contribution >= 4 is 41.0 Å². The number of ether oxygens (including phenoxy) is 1. The van der Waals surface area contributed by atoms with Crippen LogP contribution in [0.15, 0.2) is 18.2 Å². The second-order valence-corrected chi connectivity index (χ2v) is 5.55. The van der Waals surface area contributed by atoms with Crippen molar-refractivity contribution < 1.29 is 19.1 Å². The lowest BCUT2D eigenvalue weighted by Gasteiger charge is -2.34. The highest BCUT2D eigenvalue weighted by atomic mass is 35.5. The highest BCUT2D eigenvalue weighted by molar-refractivity contribution is 6.35. The molecule has 0 aliphatic carbocycles. The first-order valence-electron chi connectivity index (χ1n) is 6.54. The van der Waals surface area contributed by atoms with Crippen molar-refractivity contribution in [1.82, 2.24) is 10.2 Å². The van der Waals surface area contributed by atoms with Gasteiger partial charge in [-0.1, -0.05) is 23.2 Å². The van der Waals surface area contributed by atoms with Crippen molar-refractivity contribution in [2.75, 3.05) is 20.2 Å². The average molecular weight is 345 g/mol. The molecule has 118 valence electrons. The van der Waals surface area contributed by atoms with Crippen LogP contribution in [0, 0.1) is 0 Å². The fraction of sp³-hybridized carbons (Fsp3) is 0.357. The minimum atomic E-state index is -0.927. The van der Waals surface area contributed by atoms with E-state index in [0.717, 1.165) is 0 Å². The number of hydrogen-bond acceptors (Lipinski definition) is 4. The molecule has 1 heterocycles. The lowest BCUT2D eigenvalue weighted by atomic mass is 10.1. The number of piperazine rings is 1. The van der Waals surface area contributed by atoms with E-state index >= 15 is 0 Å². The van der Waals surface area contributed by atoms with Gasteiger partial charge in [0.2, 0.25) is 5.91 Å². The van der Waals surface area contributed by atoms with Crippen LogP contribution >= 0.6 is 23.2 Å². The summed E-state index contributed by atoms with van der Waals surface area (Å²) in [7, 11) is 1.23. The molecular weight excluding hydrogens is 331 g/mol. The molecule has 0 radical (unpaired) electrons. The summed E-state index contributed by atoms with van der Waals surface area (Å²) in [5, 5.41) is 3.22. The van der Waals surface area contributed by atoms with E-state index in [0.29, 0.717) is 11.6 Å². The van der Waals surface area contributed by atoms with Gasteiger partial charge in [0.1, 0.15) is 6.04 Å². The topological polar surface area (TPSA) is 75.7 Å². The summed E-state index contributed by atoms with van der Waals surface area (Å²) in [5.41, 5.74) is 0.193. The van der Waals surface area contributed by atoms with Gasteiger partial charge in [-0.15, -0.1) is 0 Å². The van der Waals surface area contributed by atoms with E-state index < -0.39 is 23.8 Å². The van der Waals surface area contributed by atoms with Gasteiger partial charge in [-0.25, -0.2) is 0 Å². The Balaban J connectivity index is 2.30. The molecule has 1 unspecified atom stereocenters. The monoisotopic (exact) mass is 344 g/mol. The quantitative estimate of drug-likeness (QED) is 0.843. The smallest absolute Gasteiger partial charge is 0.308 e. The molecule has 1 aliphatic heterocycles. The van der Waals surface area contributed by atoms with Crippen molar-refractivity contribution in [3.05, 3.63) is 33.8 Å². The van der Waals surface area contributed by atoms with Gasteiger partial charge in [-0.2, -0.15) is 0 Å². The SMILES string of the molecule is COC(=O)CC1C(=O)NCCN1C(=O)c1cc(Cl)ccc1Cl. The Kier molecular flexibility index (Phi) is 5.26. The van der Waals surface area contributed by atoms with Crippen LogP contribution < -0.4 is 5.32 Å². The average Bonchev–Trinajstić information content (AvgIpc) is 2.50. The van der Waals surface area contributed by atoms with Crippen molar-refractivity contribution in [2.45, 2.75) is 12.5 Å². The molecule has 0 spiro atoms. The number of nitrogens with zero attached hydrogens (tertiary/aromatic N) is 1. The second kappa shape index (κ2) is 6.98. The van der Waals surface area contributed by atoms with Crippen LogP contribution in [0.1, 0.15) is 16.8 Å². The summed E-state index contributed by atoms with van der Waals surface area (Å²) < 4.78 is 4.57. The standard InChI is InChI=1S/C14H14Cl2N2O4/c1-22-12(19)7-11-13(20)17-4-5-18(11)14(21)9-6-8(15)2-3-10(9)16/h2-3,6,11H,4-5,7H2,1H3,(H,17,20). The third-order valence-corrected chi connectivity index (χ3v) is 3.90. The largest absolute Gasteiger partial charge is 0.469 e. The molecule has 2 amide bonds. The van der Waals surface area contributed by atoms with E-state index in [1.165, 1.54) is 24.1 Å². The molecular formula is C14H14Cl2N2O4. The van der Waals surface area contributed by atoms with E-state index in [1.54, 1.807) is 6.07 Å². The first-order valence-corrected chi connectivity index (χ1v) is 7.30. The molecule has 8 heteroatoms. The Morgan fingerprint density at radius 3 is 2.82 bits per heavy atom. The zero-order chi connectivity index (χ0) is 16.3. The Hall–Kier alpha value is -1.79. The van der Waals surface area contributed by atoms with Gasteiger partial charge >= 0.3 is 5.97 Å². The predicted octanol–water partition coefficient (Wildman–Crippen LogP) is 1.50. The molecule has 1 N–H and O–H groups in total. The Labute approximate surface area is 137 Å². The lowest BCUT2D eigenvalue weighted by molar-refractivity contribution is -0.145. The number of carbonyl (C=O) groups excluding carboxylic acids is 3. The summed E-state index contributed by atoms with van der Waals surface area (Å²) >= 11 is 11.9. The first-order chi connectivity index (χ1) is 10.4. The van der Waals surface area contributed by atoms with Gasteiger partial charge in [0.05, 0.1) is 24.1 Å². The number of rotatable bonds is 3. The van der Waals surface area contributed by atoms with E-state index in [9.17, 15) is 14.4 Å². The first kappa shape index (κ1) is 16.6. The minimum absolute atomic E-state index is 0.193. The molecule has 1 aromatic carbocycles. The Morgan fingerprint density at radius 1 is 1.41 bits per heavy atom. The number of nitrogens with one attached hydrogen (secondary N) is 1. The number of halogens is 2. The fourth-order valence-corrected chi connectivity index (χ4v) is 2.59. The number of hydrogen-bond donors (Lipinski definition) is 1. The van der Waals surface area contributed by atoms with E-state index in [1.807, 2.05) is 0 Å². The van der Waals surface area contributed by atoms with Crippen molar-refractivity contribution in [3.8, 4) is 0 Å². The van der Waals surface area contributed by atoms with Gasteiger partial charge < -0.3 is 15.0 Å². The zero-order valence-electron chi connectivity index (χ0n) is 11.8. The molecule has 6 nitrogen and oxygen atoms in total. The van der Waals surface area contributed by atoms with Crippen molar-refractivity contribution in [1.29, 1.82) is 0 Å². The van der Waals surface area contributed by atoms with Gasteiger partial charge in [0, 0.05) is 18.1 Å². The van der Waals surface area contributed by atoms with Gasteiger partial charge in [0.25, 0.3) is 5.91 Å². The summed E-state index contributed by atoms with van der Waals surface area (Å²) in [6, 6.07) is 3.59. The van der Waals surface area contributed by atoms with Crippen molar-refractivity contribution in [3.63, 3.8) is 0 Å². The number of esters is 1. The zero-order valence-corrected chi connectivity index (χ0v) is 13.3. The normalized spacial score (nSPS) is 17.9. The van der Waals surface area contributed by atoms with Crippen LogP contribution in [0.5, 0.6) is 0 Å². The molecule has 0 saturated carbocycles. The van der Waals surface area contributed by atoms with Crippen LogP contribution in [-0.4, -0.2) is 48.9 Å². The molecule has 0 bridgehead atoms. The maximum atomic E-state index is 12.6. The van der Waals surface area contributed by atoms with Gasteiger partial charge in [-0.3, -0.25) is 14.4 Å². The molecule has 2 rings (SSSR count). The van der Waals surface area contributed by atoms with Crippen LogP contribution in [0.4, 0.5) is 0 Å². The lowest BCUT2D eigenvalue weighted by Crippen LogP contribution is -2.57. The Morgan fingerprint density at radius 2 is 2.14 bits per heavy atom. The number of amides is 2. The maximum Gasteiger partial charge on any atom is 0.308 e. The molecule has 1 aromatic rings. The highest BCUT2D eigenvalue weighted by Crippen LogP contribution is 2.24. The van der Waals surface area contributed by atoms with Crippen LogP contribution in [-0.2, 0) is 14.3 Å². The van der Waals surface area contributed by atoms with Crippen molar-refractivity contribution in [2.24, 2.45) is 0 Å². The minimum Gasteiger partial charge on any atom is -0.469 e. The third-order valence-electron chi connectivity index (χ3n) is 3.34. The van der Waals surface area contributed by atoms with Gasteiger partial charge in [-0.05, 0) is 18.2 Å². The molecule has 0 aromatic heterocycles. The third kappa shape index (κ3) is 3.51. The molecule has 1 saturated heterocycles. The highest BCUT2D eigenvalue weighted by Gasteiger charge is 2.36. The molecule has 1 aliphatic rings. The maximum absolute atomic E-state index is 12.6. The predicted molar refractivity (Wildman–Crippen MR) is 80.9 cm³/mol. The summed E-state index contributed by atoms with van der Waals surface area (Å²) in [5.74, 6) is -1.42. The second-order valence-electron chi connectivity index (χ2n) is 4.71. The summed E-state index contributed by atoms with van der Waals surface area (Å²) in [6.07, 6.45) is -0.216. The molecule has 1 fully saturated rings. The number of methoxy groups -OCH3 is 1. The number of benzene rings is 1. The van der Waals surface area contributed by atoms with Crippen LogP contribution in [0.3, 0.4) is 0 Å². The van der Waals surface area contributed by atoms with Gasteiger partial charge in [0.15, 0.2) is 0 Å². The Bertz CT molecular complexity index is 621. The van der Waals surface area contributed by atoms with Crippen LogP contribution in [0.2, 0.25) is 10.0 Å². The molecule has 1 atom stereocenters. The van der Waals surface area contributed by atoms with E-state index in [4.69, 9.17) is 23.2 Å². The molecule has 22 heavy (non-hydrogen) atoms. The fourth-order valence-electron chi connectivity index (χ4n) is 2.22.